The molecule has 0 radical (unpaired) electrons. The molecule has 0 spiro atoms. The van der Waals surface area contributed by atoms with E-state index in [1.165, 1.54) is 0 Å². The number of nitrogens with one attached hydrogen (secondary N) is 2. The molecule has 0 heterocycles. The highest BCUT2D eigenvalue weighted by molar-refractivity contribution is 5.90. The largest absolute Gasteiger partial charge is 0.496 e. The average Bonchev–Trinajstić information content (AvgIpc) is 2.21. The van der Waals surface area contributed by atoms with Crippen LogP contribution in [0, 0.1) is 13.8 Å². The number of urea groups is 1. The molecular formula is C13H20N2O2. The minimum Gasteiger partial charge on any atom is -0.496 e. The van der Waals surface area contributed by atoms with Crippen LogP contribution in [0.2, 0.25) is 0 Å². The van der Waals surface area contributed by atoms with E-state index in [1.807, 2.05) is 39.8 Å². The number of aryl methyl sites for hydroxylation is 2. The molecule has 2 amide bonds. The Bertz CT molecular complexity index is 414. The Morgan fingerprint density at radius 2 is 1.88 bits per heavy atom. The molecule has 0 aliphatic carbocycles. The SMILES string of the molecule is COc1cc(C)c(NC(=O)NC(C)C)cc1C. The van der Waals surface area contributed by atoms with Crippen molar-refractivity contribution >= 4 is 11.7 Å². The molecule has 0 unspecified atom stereocenters. The number of methoxy groups -OCH3 is 1. The highest BCUT2D eigenvalue weighted by atomic mass is 16.5. The molecule has 0 saturated carbocycles. The Morgan fingerprint density at radius 3 is 2.41 bits per heavy atom. The van der Waals surface area contributed by atoms with E-state index in [4.69, 9.17) is 4.74 Å². The predicted octanol–water partition coefficient (Wildman–Crippen LogP) is 2.84. The van der Waals surface area contributed by atoms with E-state index in [1.54, 1.807) is 7.11 Å². The van der Waals surface area contributed by atoms with Crippen molar-refractivity contribution in [3.63, 3.8) is 0 Å². The normalized spacial score (nSPS) is 10.2. The maximum absolute atomic E-state index is 11.6. The van der Waals surface area contributed by atoms with Gasteiger partial charge in [-0.2, -0.15) is 0 Å². The summed E-state index contributed by atoms with van der Waals surface area (Å²) in [6.07, 6.45) is 0. The molecule has 4 heteroatoms. The van der Waals surface area contributed by atoms with Gasteiger partial charge in [-0.3, -0.25) is 0 Å². The van der Waals surface area contributed by atoms with Gasteiger partial charge in [0, 0.05) is 11.7 Å². The third kappa shape index (κ3) is 3.66. The maximum atomic E-state index is 11.6. The van der Waals surface area contributed by atoms with Gasteiger partial charge >= 0.3 is 6.03 Å². The molecule has 0 aliphatic heterocycles. The number of rotatable bonds is 3. The van der Waals surface area contributed by atoms with Gasteiger partial charge in [0.1, 0.15) is 5.75 Å². The van der Waals surface area contributed by atoms with Crippen molar-refractivity contribution in [2.75, 3.05) is 12.4 Å². The van der Waals surface area contributed by atoms with Crippen LogP contribution >= 0.6 is 0 Å². The highest BCUT2D eigenvalue weighted by Gasteiger charge is 2.08. The Kier molecular flexibility index (Phi) is 4.37. The molecule has 0 fully saturated rings. The van der Waals surface area contributed by atoms with Gasteiger partial charge < -0.3 is 15.4 Å². The number of hydrogen-bond donors (Lipinski definition) is 2. The summed E-state index contributed by atoms with van der Waals surface area (Å²) in [6.45, 7) is 7.73. The van der Waals surface area contributed by atoms with Crippen LogP contribution in [0.3, 0.4) is 0 Å². The first-order valence-electron chi connectivity index (χ1n) is 5.66. The molecule has 94 valence electrons. The molecule has 4 nitrogen and oxygen atoms in total. The first-order valence-corrected chi connectivity index (χ1v) is 5.66. The van der Waals surface area contributed by atoms with Crippen molar-refractivity contribution in [3.8, 4) is 5.75 Å². The van der Waals surface area contributed by atoms with Crippen LogP contribution < -0.4 is 15.4 Å². The van der Waals surface area contributed by atoms with Crippen LogP contribution in [-0.4, -0.2) is 19.2 Å². The number of ether oxygens (including phenoxy) is 1. The molecule has 0 atom stereocenters. The molecule has 1 aromatic carbocycles. The van der Waals surface area contributed by atoms with Gasteiger partial charge in [0.2, 0.25) is 0 Å². The van der Waals surface area contributed by atoms with E-state index in [0.29, 0.717) is 0 Å². The van der Waals surface area contributed by atoms with E-state index in [2.05, 4.69) is 10.6 Å². The zero-order chi connectivity index (χ0) is 13.0. The minimum atomic E-state index is -0.187. The second kappa shape index (κ2) is 5.57. The molecule has 0 aliphatic rings. The van der Waals surface area contributed by atoms with Gasteiger partial charge in [0.05, 0.1) is 7.11 Å². The molecular weight excluding hydrogens is 216 g/mol. The van der Waals surface area contributed by atoms with E-state index >= 15 is 0 Å². The molecule has 1 aromatic rings. The Morgan fingerprint density at radius 1 is 1.24 bits per heavy atom. The molecule has 0 bridgehead atoms. The number of benzene rings is 1. The minimum absolute atomic E-state index is 0.120. The van der Waals surface area contributed by atoms with E-state index in [-0.39, 0.29) is 12.1 Å². The lowest BCUT2D eigenvalue weighted by Crippen LogP contribution is -2.34. The second-order valence-corrected chi connectivity index (χ2v) is 4.39. The standard InChI is InChI=1S/C13H20N2O2/c1-8(2)14-13(16)15-11-6-10(4)12(17-5)7-9(11)3/h6-8H,1-5H3,(H2,14,15,16). The van der Waals surface area contributed by atoms with Crippen LogP contribution in [-0.2, 0) is 0 Å². The molecule has 0 saturated heterocycles. The third-order valence-corrected chi connectivity index (χ3v) is 2.41. The molecule has 2 N–H and O–H groups in total. The average molecular weight is 236 g/mol. The summed E-state index contributed by atoms with van der Waals surface area (Å²) in [5, 5.41) is 5.61. The maximum Gasteiger partial charge on any atom is 0.319 e. The zero-order valence-electron chi connectivity index (χ0n) is 11.0. The fourth-order valence-corrected chi connectivity index (χ4v) is 1.56. The van der Waals surface area contributed by atoms with Crippen LogP contribution in [0.25, 0.3) is 0 Å². The van der Waals surface area contributed by atoms with Crippen molar-refractivity contribution < 1.29 is 9.53 Å². The number of anilines is 1. The van der Waals surface area contributed by atoms with Crippen molar-refractivity contribution in [3.05, 3.63) is 23.3 Å². The number of carbonyl (C=O) groups excluding carboxylic acids is 1. The highest BCUT2D eigenvalue weighted by Crippen LogP contribution is 2.25. The van der Waals surface area contributed by atoms with E-state index in [9.17, 15) is 4.79 Å². The Hall–Kier alpha value is -1.71. The van der Waals surface area contributed by atoms with E-state index in [0.717, 1.165) is 22.6 Å². The summed E-state index contributed by atoms with van der Waals surface area (Å²) in [6, 6.07) is 3.76. The molecule has 17 heavy (non-hydrogen) atoms. The van der Waals surface area contributed by atoms with Crippen molar-refractivity contribution in [2.45, 2.75) is 33.7 Å². The van der Waals surface area contributed by atoms with Crippen molar-refractivity contribution in [2.24, 2.45) is 0 Å². The summed E-state index contributed by atoms with van der Waals surface area (Å²) in [5.41, 5.74) is 2.78. The Labute approximate surface area is 102 Å². The number of carbonyl (C=O) groups is 1. The van der Waals surface area contributed by atoms with Gasteiger partial charge in [-0.15, -0.1) is 0 Å². The summed E-state index contributed by atoms with van der Waals surface area (Å²) in [5.74, 6) is 0.831. The zero-order valence-corrected chi connectivity index (χ0v) is 11.0. The summed E-state index contributed by atoms with van der Waals surface area (Å²) >= 11 is 0. The van der Waals surface area contributed by atoms with Gasteiger partial charge in [0.25, 0.3) is 0 Å². The quantitative estimate of drug-likeness (QED) is 0.847. The lowest BCUT2D eigenvalue weighted by atomic mass is 10.1. The molecule has 1 rings (SSSR count). The van der Waals surface area contributed by atoms with Crippen molar-refractivity contribution in [1.82, 2.24) is 5.32 Å². The van der Waals surface area contributed by atoms with Gasteiger partial charge in [-0.05, 0) is 51.0 Å². The summed E-state index contributed by atoms with van der Waals surface area (Å²) in [7, 11) is 1.64. The summed E-state index contributed by atoms with van der Waals surface area (Å²) < 4.78 is 5.22. The van der Waals surface area contributed by atoms with Gasteiger partial charge in [-0.25, -0.2) is 4.79 Å². The first kappa shape index (κ1) is 13.4. The fourth-order valence-electron chi connectivity index (χ4n) is 1.56. The van der Waals surface area contributed by atoms with Crippen LogP contribution in [0.5, 0.6) is 5.75 Å². The Balaban J connectivity index is 2.85. The topological polar surface area (TPSA) is 50.4 Å². The third-order valence-electron chi connectivity index (χ3n) is 2.41. The van der Waals surface area contributed by atoms with Gasteiger partial charge in [-0.1, -0.05) is 0 Å². The van der Waals surface area contributed by atoms with Crippen LogP contribution in [0.15, 0.2) is 12.1 Å². The first-order chi connectivity index (χ1) is 7.93. The van der Waals surface area contributed by atoms with Gasteiger partial charge in [0.15, 0.2) is 0 Å². The lowest BCUT2D eigenvalue weighted by molar-refractivity contribution is 0.250. The number of amides is 2. The smallest absolute Gasteiger partial charge is 0.319 e. The monoisotopic (exact) mass is 236 g/mol. The fraction of sp³-hybridized carbons (Fsp3) is 0.462. The predicted molar refractivity (Wildman–Crippen MR) is 69.8 cm³/mol. The van der Waals surface area contributed by atoms with E-state index < -0.39 is 0 Å². The lowest BCUT2D eigenvalue weighted by Gasteiger charge is -2.14. The van der Waals surface area contributed by atoms with Crippen LogP contribution in [0.4, 0.5) is 10.5 Å². The molecule has 0 aromatic heterocycles. The van der Waals surface area contributed by atoms with Crippen LogP contribution in [0.1, 0.15) is 25.0 Å². The number of hydrogen-bond acceptors (Lipinski definition) is 2. The van der Waals surface area contributed by atoms with Crippen molar-refractivity contribution in [1.29, 1.82) is 0 Å². The second-order valence-electron chi connectivity index (χ2n) is 4.39. The summed E-state index contributed by atoms with van der Waals surface area (Å²) in [4.78, 5) is 11.6.